The number of nitrogens with one attached hydrogen (secondary N) is 2. The average Bonchev–Trinajstić information content (AvgIpc) is 3.36. The largest absolute Gasteiger partial charge is 0.354 e. The van der Waals surface area contributed by atoms with Crippen LogP contribution in [0.5, 0.6) is 0 Å². The molecular formula is C21H14ClN5. The van der Waals surface area contributed by atoms with Crippen molar-refractivity contribution in [1.29, 1.82) is 0 Å². The van der Waals surface area contributed by atoms with Crippen LogP contribution in [0.25, 0.3) is 44.9 Å². The number of rotatable bonds is 3. The van der Waals surface area contributed by atoms with Gasteiger partial charge in [0.1, 0.15) is 0 Å². The summed E-state index contributed by atoms with van der Waals surface area (Å²) in [7, 11) is 0. The van der Waals surface area contributed by atoms with Crippen LogP contribution >= 0.6 is 11.6 Å². The molecule has 5 aromatic rings. The minimum Gasteiger partial charge on any atom is -0.354 e. The zero-order valence-corrected chi connectivity index (χ0v) is 14.9. The van der Waals surface area contributed by atoms with Crippen LogP contribution < -0.4 is 0 Å². The normalized spacial score (nSPS) is 11.1. The van der Waals surface area contributed by atoms with Gasteiger partial charge in [-0.3, -0.25) is 10.1 Å². The van der Waals surface area contributed by atoms with Crippen LogP contribution in [0.4, 0.5) is 0 Å². The molecular weight excluding hydrogens is 358 g/mol. The number of pyridine rings is 1. The maximum atomic E-state index is 6.33. The van der Waals surface area contributed by atoms with E-state index in [1.165, 1.54) is 0 Å². The van der Waals surface area contributed by atoms with E-state index in [0.717, 1.165) is 44.1 Å². The van der Waals surface area contributed by atoms with E-state index in [1.54, 1.807) is 12.4 Å². The minimum absolute atomic E-state index is 0.629. The highest BCUT2D eigenvalue weighted by Crippen LogP contribution is 2.31. The van der Waals surface area contributed by atoms with Gasteiger partial charge in [-0.05, 0) is 42.5 Å². The van der Waals surface area contributed by atoms with Gasteiger partial charge in [0, 0.05) is 50.7 Å². The fraction of sp³-hybridized carbons (Fsp3) is 0. The quantitative estimate of drug-likeness (QED) is 0.450. The summed E-state index contributed by atoms with van der Waals surface area (Å²) in [6.45, 7) is 0. The lowest BCUT2D eigenvalue weighted by molar-refractivity contribution is 1.10. The highest BCUT2D eigenvalue weighted by molar-refractivity contribution is 6.33. The summed E-state index contributed by atoms with van der Waals surface area (Å²) in [4.78, 5) is 12.1. The van der Waals surface area contributed by atoms with Crippen molar-refractivity contribution in [3.63, 3.8) is 0 Å². The number of hydrogen-bond acceptors (Lipinski definition) is 3. The molecule has 0 aliphatic heterocycles. The van der Waals surface area contributed by atoms with Crippen molar-refractivity contribution in [2.75, 3.05) is 0 Å². The number of halogens is 1. The first kappa shape index (κ1) is 15.8. The third-order valence-electron chi connectivity index (χ3n) is 4.46. The summed E-state index contributed by atoms with van der Waals surface area (Å²) < 4.78 is 0. The van der Waals surface area contributed by atoms with E-state index in [1.807, 2.05) is 48.5 Å². The Bertz CT molecular complexity index is 1240. The Morgan fingerprint density at radius 1 is 0.889 bits per heavy atom. The molecule has 5 rings (SSSR count). The zero-order chi connectivity index (χ0) is 18.2. The summed E-state index contributed by atoms with van der Waals surface area (Å²) in [6, 6.07) is 19.8. The van der Waals surface area contributed by atoms with Gasteiger partial charge in [0.2, 0.25) is 0 Å². The summed E-state index contributed by atoms with van der Waals surface area (Å²) in [5.74, 6) is 1.35. The number of fused-ring (bicyclic) bond motifs is 1. The number of hydrogen-bond donors (Lipinski definition) is 2. The van der Waals surface area contributed by atoms with E-state index in [9.17, 15) is 0 Å². The van der Waals surface area contributed by atoms with E-state index in [-0.39, 0.29) is 0 Å². The second kappa shape index (κ2) is 6.37. The molecule has 3 heterocycles. The van der Waals surface area contributed by atoms with Gasteiger partial charge in [0.05, 0.1) is 0 Å². The molecule has 2 aromatic carbocycles. The van der Waals surface area contributed by atoms with Gasteiger partial charge in [-0.1, -0.05) is 29.8 Å². The summed E-state index contributed by atoms with van der Waals surface area (Å²) in [5.41, 5.74) is 4.86. The molecule has 0 unspecified atom stereocenters. The van der Waals surface area contributed by atoms with Crippen molar-refractivity contribution in [1.82, 2.24) is 25.1 Å². The predicted octanol–water partition coefficient (Wildman–Crippen LogP) is 5.34. The molecule has 130 valence electrons. The third-order valence-corrected chi connectivity index (χ3v) is 4.79. The van der Waals surface area contributed by atoms with Gasteiger partial charge in [0.15, 0.2) is 11.6 Å². The maximum Gasteiger partial charge on any atom is 0.183 e. The van der Waals surface area contributed by atoms with Crippen molar-refractivity contribution < 1.29 is 0 Å². The van der Waals surface area contributed by atoms with E-state index < -0.39 is 0 Å². The number of aromatic amines is 2. The lowest BCUT2D eigenvalue weighted by Gasteiger charge is -1.99. The lowest BCUT2D eigenvalue weighted by Crippen LogP contribution is -1.82. The van der Waals surface area contributed by atoms with Gasteiger partial charge in [-0.15, -0.1) is 0 Å². The van der Waals surface area contributed by atoms with Crippen molar-refractivity contribution in [2.45, 2.75) is 0 Å². The molecule has 0 amide bonds. The van der Waals surface area contributed by atoms with E-state index in [0.29, 0.717) is 5.82 Å². The van der Waals surface area contributed by atoms with Crippen molar-refractivity contribution >= 4 is 22.5 Å². The molecule has 5 nitrogen and oxygen atoms in total. The van der Waals surface area contributed by atoms with E-state index in [4.69, 9.17) is 11.6 Å². The average molecular weight is 372 g/mol. The predicted molar refractivity (Wildman–Crippen MR) is 107 cm³/mol. The summed E-state index contributed by atoms with van der Waals surface area (Å²) in [5, 5.41) is 9.13. The maximum absolute atomic E-state index is 6.33. The third kappa shape index (κ3) is 2.88. The Morgan fingerprint density at radius 2 is 1.81 bits per heavy atom. The van der Waals surface area contributed by atoms with Crippen LogP contribution in [-0.4, -0.2) is 25.1 Å². The zero-order valence-electron chi connectivity index (χ0n) is 14.1. The van der Waals surface area contributed by atoms with Crippen molar-refractivity contribution in [2.24, 2.45) is 0 Å². The Hall–Kier alpha value is -3.44. The van der Waals surface area contributed by atoms with Gasteiger partial charge in [0.25, 0.3) is 0 Å². The molecule has 0 saturated heterocycles. The second-order valence-corrected chi connectivity index (χ2v) is 6.62. The smallest absolute Gasteiger partial charge is 0.183 e. The lowest BCUT2D eigenvalue weighted by atomic mass is 10.1. The molecule has 0 fully saturated rings. The SMILES string of the molecule is Clc1ccccc1-c1cc2cc(-c3nc(-c4cccnc4)n[nH]3)ccc2[nH]1. The van der Waals surface area contributed by atoms with Crippen LogP contribution in [0, 0.1) is 0 Å². The van der Waals surface area contributed by atoms with Gasteiger partial charge in [-0.2, -0.15) is 5.10 Å². The van der Waals surface area contributed by atoms with Crippen LogP contribution in [-0.2, 0) is 0 Å². The molecule has 0 radical (unpaired) electrons. The second-order valence-electron chi connectivity index (χ2n) is 6.21. The fourth-order valence-electron chi connectivity index (χ4n) is 3.12. The Morgan fingerprint density at radius 3 is 2.67 bits per heavy atom. The molecule has 0 spiro atoms. The molecule has 27 heavy (non-hydrogen) atoms. The first-order valence-corrected chi connectivity index (χ1v) is 8.86. The van der Waals surface area contributed by atoms with Crippen molar-refractivity contribution in [3.05, 3.63) is 78.1 Å². The van der Waals surface area contributed by atoms with Gasteiger partial charge >= 0.3 is 0 Å². The first-order valence-electron chi connectivity index (χ1n) is 8.49. The Balaban J connectivity index is 1.54. The standard InChI is InChI=1S/C21H14ClN5/c22-17-6-2-1-5-16(17)19-11-15-10-13(7-8-18(15)24-19)20-25-21(27-26-20)14-4-3-9-23-12-14/h1-12,24H,(H,25,26,27). The molecule has 2 N–H and O–H groups in total. The van der Waals surface area contributed by atoms with Crippen LogP contribution in [0.2, 0.25) is 5.02 Å². The number of H-pyrrole nitrogens is 2. The molecule has 0 saturated carbocycles. The van der Waals surface area contributed by atoms with Crippen LogP contribution in [0.15, 0.2) is 73.1 Å². The molecule has 3 aromatic heterocycles. The van der Waals surface area contributed by atoms with Gasteiger partial charge in [-0.25, -0.2) is 4.98 Å². The number of aromatic nitrogens is 5. The molecule has 0 aliphatic carbocycles. The number of nitrogens with zero attached hydrogens (tertiary/aromatic N) is 3. The number of benzene rings is 2. The van der Waals surface area contributed by atoms with Crippen LogP contribution in [0.1, 0.15) is 0 Å². The highest BCUT2D eigenvalue weighted by Gasteiger charge is 2.11. The van der Waals surface area contributed by atoms with E-state index >= 15 is 0 Å². The molecule has 0 bridgehead atoms. The molecule has 0 atom stereocenters. The summed E-state index contributed by atoms with van der Waals surface area (Å²) >= 11 is 6.33. The molecule has 6 heteroatoms. The topological polar surface area (TPSA) is 70.2 Å². The minimum atomic E-state index is 0.629. The first-order chi connectivity index (χ1) is 13.3. The Kier molecular flexibility index (Phi) is 3.73. The van der Waals surface area contributed by atoms with Crippen molar-refractivity contribution in [3.8, 4) is 34.0 Å². The summed E-state index contributed by atoms with van der Waals surface area (Å²) in [6.07, 6.45) is 3.48. The van der Waals surface area contributed by atoms with Crippen LogP contribution in [0.3, 0.4) is 0 Å². The van der Waals surface area contributed by atoms with E-state index in [2.05, 4.69) is 37.3 Å². The monoisotopic (exact) mass is 371 g/mol. The molecule has 0 aliphatic rings. The van der Waals surface area contributed by atoms with Gasteiger partial charge < -0.3 is 4.98 Å². The Labute approximate surface area is 160 Å². The fourth-order valence-corrected chi connectivity index (χ4v) is 3.36. The highest BCUT2D eigenvalue weighted by atomic mass is 35.5.